The van der Waals surface area contributed by atoms with Crippen LogP contribution in [0, 0.1) is 5.92 Å². The van der Waals surface area contributed by atoms with Gasteiger partial charge in [-0.1, -0.05) is 38.7 Å². The van der Waals surface area contributed by atoms with Crippen molar-refractivity contribution >= 4 is 6.29 Å². The smallest absolute Gasteiger partial charge is 0.124 e. The van der Waals surface area contributed by atoms with Crippen LogP contribution in [-0.2, 0) is 11.2 Å². The molecule has 2 rings (SSSR count). The van der Waals surface area contributed by atoms with Gasteiger partial charge in [0.15, 0.2) is 0 Å². The standard InChI is InChI=1S/C18H27NO/c1-2-3-4-5-15-6-9-17(10-7-15)18-11-8-16(12-13-20)14-19-18/h8,11,13-15,17H,2-7,9-10,12H2,1H3. The number of unbranched alkanes of at least 4 members (excludes halogenated alkanes) is 2. The van der Waals surface area contributed by atoms with Gasteiger partial charge in [-0.05, 0) is 43.2 Å². The van der Waals surface area contributed by atoms with E-state index in [1.165, 1.54) is 57.1 Å². The molecular weight excluding hydrogens is 246 g/mol. The van der Waals surface area contributed by atoms with Crippen molar-refractivity contribution < 1.29 is 4.79 Å². The molecule has 0 aromatic carbocycles. The van der Waals surface area contributed by atoms with Gasteiger partial charge >= 0.3 is 0 Å². The summed E-state index contributed by atoms with van der Waals surface area (Å²) in [5.41, 5.74) is 2.25. The van der Waals surface area contributed by atoms with Crippen LogP contribution in [0.3, 0.4) is 0 Å². The van der Waals surface area contributed by atoms with Gasteiger partial charge in [0.25, 0.3) is 0 Å². The molecule has 1 aromatic heterocycles. The van der Waals surface area contributed by atoms with Crippen LogP contribution in [0.5, 0.6) is 0 Å². The van der Waals surface area contributed by atoms with Crippen molar-refractivity contribution in [1.82, 2.24) is 4.98 Å². The molecule has 0 aliphatic heterocycles. The van der Waals surface area contributed by atoms with Crippen molar-refractivity contribution in [2.75, 3.05) is 0 Å². The summed E-state index contributed by atoms with van der Waals surface area (Å²) in [6.07, 6.45) is 14.2. The lowest BCUT2D eigenvalue weighted by Gasteiger charge is -2.28. The summed E-state index contributed by atoms with van der Waals surface area (Å²) >= 11 is 0. The number of hydrogen-bond acceptors (Lipinski definition) is 2. The van der Waals surface area contributed by atoms with Gasteiger partial charge in [-0.25, -0.2) is 0 Å². The number of carbonyl (C=O) groups is 1. The van der Waals surface area contributed by atoms with E-state index in [0.29, 0.717) is 12.3 Å². The summed E-state index contributed by atoms with van der Waals surface area (Å²) in [6.45, 7) is 2.27. The summed E-state index contributed by atoms with van der Waals surface area (Å²) in [5.74, 6) is 1.59. The van der Waals surface area contributed by atoms with E-state index in [1.54, 1.807) is 0 Å². The minimum absolute atomic E-state index is 0.484. The Morgan fingerprint density at radius 3 is 2.60 bits per heavy atom. The molecule has 0 radical (unpaired) electrons. The van der Waals surface area contributed by atoms with Crippen LogP contribution in [0.2, 0.25) is 0 Å². The molecular formula is C18H27NO. The summed E-state index contributed by atoms with van der Waals surface area (Å²) in [6, 6.07) is 4.19. The Morgan fingerprint density at radius 1 is 1.20 bits per heavy atom. The molecule has 2 heteroatoms. The predicted octanol–water partition coefficient (Wildman–Crippen LogP) is 4.68. The fourth-order valence-electron chi connectivity index (χ4n) is 3.32. The van der Waals surface area contributed by atoms with Crippen molar-refractivity contribution in [2.24, 2.45) is 5.92 Å². The van der Waals surface area contributed by atoms with Crippen LogP contribution in [0.1, 0.15) is 75.5 Å². The average Bonchev–Trinajstić information content (AvgIpc) is 2.49. The number of aldehydes is 1. The van der Waals surface area contributed by atoms with Crippen LogP contribution >= 0.6 is 0 Å². The van der Waals surface area contributed by atoms with Crippen LogP contribution in [0.25, 0.3) is 0 Å². The Morgan fingerprint density at radius 2 is 2.00 bits per heavy atom. The third-order valence-corrected chi connectivity index (χ3v) is 4.65. The maximum atomic E-state index is 10.5. The van der Waals surface area contributed by atoms with Crippen LogP contribution < -0.4 is 0 Å². The molecule has 2 nitrogen and oxygen atoms in total. The summed E-state index contributed by atoms with van der Waals surface area (Å²) in [4.78, 5) is 15.0. The lowest BCUT2D eigenvalue weighted by atomic mass is 9.78. The Labute approximate surface area is 123 Å². The zero-order chi connectivity index (χ0) is 14.2. The molecule has 20 heavy (non-hydrogen) atoms. The van der Waals surface area contributed by atoms with Crippen molar-refractivity contribution in [3.05, 3.63) is 29.6 Å². The van der Waals surface area contributed by atoms with Crippen molar-refractivity contribution in [2.45, 2.75) is 70.6 Å². The number of nitrogens with zero attached hydrogens (tertiary/aromatic N) is 1. The molecule has 1 aliphatic carbocycles. The Kier molecular flexibility index (Phi) is 6.23. The van der Waals surface area contributed by atoms with Crippen LogP contribution in [-0.4, -0.2) is 11.3 Å². The maximum absolute atomic E-state index is 10.5. The lowest BCUT2D eigenvalue weighted by Crippen LogP contribution is -2.14. The highest BCUT2D eigenvalue weighted by Crippen LogP contribution is 2.36. The topological polar surface area (TPSA) is 30.0 Å². The maximum Gasteiger partial charge on any atom is 0.124 e. The minimum Gasteiger partial charge on any atom is -0.303 e. The third-order valence-electron chi connectivity index (χ3n) is 4.65. The first kappa shape index (κ1) is 15.2. The number of aromatic nitrogens is 1. The van der Waals surface area contributed by atoms with Gasteiger partial charge in [0.2, 0.25) is 0 Å². The van der Waals surface area contributed by atoms with Crippen molar-refractivity contribution in [1.29, 1.82) is 0 Å². The quantitative estimate of drug-likeness (QED) is 0.533. The molecule has 1 aliphatic rings. The highest BCUT2D eigenvalue weighted by atomic mass is 16.1. The minimum atomic E-state index is 0.484. The number of hydrogen-bond donors (Lipinski definition) is 0. The second kappa shape index (κ2) is 8.18. The second-order valence-electron chi connectivity index (χ2n) is 6.18. The van der Waals surface area contributed by atoms with Crippen LogP contribution in [0.4, 0.5) is 0 Å². The summed E-state index contributed by atoms with van der Waals surface area (Å²) < 4.78 is 0. The van der Waals surface area contributed by atoms with E-state index in [0.717, 1.165) is 17.8 Å². The average molecular weight is 273 g/mol. The van der Waals surface area contributed by atoms with Gasteiger partial charge in [0, 0.05) is 24.2 Å². The molecule has 0 bridgehead atoms. The fourth-order valence-corrected chi connectivity index (χ4v) is 3.32. The normalized spacial score (nSPS) is 22.6. The van der Waals surface area contributed by atoms with E-state index < -0.39 is 0 Å². The first-order chi connectivity index (χ1) is 9.83. The molecule has 1 heterocycles. The molecule has 0 atom stereocenters. The molecule has 0 spiro atoms. The Bertz CT molecular complexity index is 390. The van der Waals surface area contributed by atoms with Gasteiger partial charge in [-0.15, -0.1) is 0 Å². The van der Waals surface area contributed by atoms with Gasteiger partial charge in [0.1, 0.15) is 6.29 Å². The van der Waals surface area contributed by atoms with Crippen molar-refractivity contribution in [3.63, 3.8) is 0 Å². The van der Waals surface area contributed by atoms with Gasteiger partial charge in [0.05, 0.1) is 0 Å². The summed E-state index contributed by atoms with van der Waals surface area (Å²) in [5, 5.41) is 0. The highest BCUT2D eigenvalue weighted by Gasteiger charge is 2.22. The molecule has 1 saturated carbocycles. The first-order valence-corrected chi connectivity index (χ1v) is 8.22. The molecule has 1 aromatic rings. The first-order valence-electron chi connectivity index (χ1n) is 8.22. The third kappa shape index (κ3) is 4.43. The predicted molar refractivity (Wildman–Crippen MR) is 82.8 cm³/mol. The van der Waals surface area contributed by atoms with E-state index in [9.17, 15) is 4.79 Å². The Balaban J connectivity index is 1.79. The monoisotopic (exact) mass is 273 g/mol. The van der Waals surface area contributed by atoms with E-state index in [-0.39, 0.29) is 0 Å². The fraction of sp³-hybridized carbons (Fsp3) is 0.667. The number of carbonyl (C=O) groups excluding carboxylic acids is 1. The molecule has 0 amide bonds. The van der Waals surface area contributed by atoms with Crippen molar-refractivity contribution in [3.8, 4) is 0 Å². The Hall–Kier alpha value is -1.18. The zero-order valence-electron chi connectivity index (χ0n) is 12.7. The molecule has 0 saturated heterocycles. The van der Waals surface area contributed by atoms with Gasteiger partial charge in [-0.2, -0.15) is 0 Å². The molecule has 110 valence electrons. The van der Waals surface area contributed by atoms with E-state index in [1.807, 2.05) is 6.20 Å². The largest absolute Gasteiger partial charge is 0.303 e. The van der Waals surface area contributed by atoms with E-state index >= 15 is 0 Å². The molecule has 0 unspecified atom stereocenters. The molecule has 1 fully saturated rings. The highest BCUT2D eigenvalue weighted by molar-refractivity contribution is 5.54. The number of pyridine rings is 1. The molecule has 0 N–H and O–H groups in total. The van der Waals surface area contributed by atoms with Gasteiger partial charge in [-0.3, -0.25) is 4.98 Å². The summed E-state index contributed by atoms with van der Waals surface area (Å²) in [7, 11) is 0. The van der Waals surface area contributed by atoms with E-state index in [4.69, 9.17) is 0 Å². The van der Waals surface area contributed by atoms with Crippen LogP contribution in [0.15, 0.2) is 18.3 Å². The SMILES string of the molecule is CCCCCC1CCC(c2ccc(CC=O)cn2)CC1. The second-order valence-corrected chi connectivity index (χ2v) is 6.18. The number of rotatable bonds is 7. The van der Waals surface area contributed by atoms with Gasteiger partial charge < -0.3 is 4.79 Å². The lowest BCUT2D eigenvalue weighted by molar-refractivity contribution is -0.107. The van der Waals surface area contributed by atoms with E-state index in [2.05, 4.69) is 24.0 Å². The zero-order valence-corrected chi connectivity index (χ0v) is 12.7.